The van der Waals surface area contributed by atoms with Gasteiger partial charge in [0.15, 0.2) is 0 Å². The first-order chi connectivity index (χ1) is 10.1. The molecular weight excluding hydrogens is 290 g/mol. The van der Waals surface area contributed by atoms with Crippen molar-refractivity contribution in [1.82, 2.24) is 5.32 Å². The fourth-order valence-corrected chi connectivity index (χ4v) is 2.17. The van der Waals surface area contributed by atoms with Gasteiger partial charge in [-0.25, -0.2) is 4.79 Å². The lowest BCUT2D eigenvalue weighted by atomic mass is 10.2. The van der Waals surface area contributed by atoms with Gasteiger partial charge in [-0.2, -0.15) is 11.8 Å². The van der Waals surface area contributed by atoms with Crippen molar-refractivity contribution < 1.29 is 19.4 Å². The maximum Gasteiger partial charge on any atom is 0.326 e. The molecule has 21 heavy (non-hydrogen) atoms. The zero-order valence-corrected chi connectivity index (χ0v) is 12.9. The highest BCUT2D eigenvalue weighted by molar-refractivity contribution is 7.98. The zero-order valence-electron chi connectivity index (χ0n) is 12.1. The molecule has 0 fully saturated rings. The quantitative estimate of drug-likeness (QED) is 0.648. The summed E-state index contributed by atoms with van der Waals surface area (Å²) in [5, 5.41) is 11.6. The lowest BCUT2D eigenvalue weighted by molar-refractivity contribution is -0.141. The summed E-state index contributed by atoms with van der Waals surface area (Å²) in [7, 11) is 0. The van der Waals surface area contributed by atoms with Gasteiger partial charge < -0.3 is 15.2 Å². The van der Waals surface area contributed by atoms with E-state index in [1.807, 2.05) is 36.6 Å². The normalized spacial score (nSPS) is 11.7. The number of carboxylic acid groups (broad SMARTS) is 1. The summed E-state index contributed by atoms with van der Waals surface area (Å²) in [5.41, 5.74) is 0. The molecular formula is C15H21NO4S. The first kappa shape index (κ1) is 17.4. The molecule has 2 N–H and O–H groups in total. The number of ether oxygens (including phenoxy) is 1. The van der Waals surface area contributed by atoms with Crippen molar-refractivity contribution in [2.75, 3.05) is 18.6 Å². The Labute approximate surface area is 129 Å². The number of hydrogen-bond donors (Lipinski definition) is 2. The van der Waals surface area contributed by atoms with Gasteiger partial charge in [-0.1, -0.05) is 18.2 Å². The summed E-state index contributed by atoms with van der Waals surface area (Å²) in [4.78, 5) is 22.7. The molecule has 0 unspecified atom stereocenters. The first-order valence-electron chi connectivity index (χ1n) is 6.82. The van der Waals surface area contributed by atoms with Crippen LogP contribution in [-0.2, 0) is 9.59 Å². The fourth-order valence-electron chi connectivity index (χ4n) is 1.70. The molecule has 116 valence electrons. The van der Waals surface area contributed by atoms with Crippen LogP contribution in [0, 0.1) is 0 Å². The number of para-hydroxylation sites is 1. The Balaban J connectivity index is 2.21. The van der Waals surface area contributed by atoms with E-state index in [1.165, 1.54) is 0 Å². The Morgan fingerprint density at radius 3 is 2.67 bits per heavy atom. The number of carbonyl (C=O) groups excluding carboxylic acids is 1. The molecule has 0 radical (unpaired) electrons. The smallest absolute Gasteiger partial charge is 0.326 e. The second kappa shape index (κ2) is 10.1. The van der Waals surface area contributed by atoms with Crippen molar-refractivity contribution in [3.63, 3.8) is 0 Å². The molecule has 0 saturated carbocycles. The molecule has 0 aliphatic rings. The van der Waals surface area contributed by atoms with Crippen molar-refractivity contribution in [2.45, 2.75) is 25.3 Å². The van der Waals surface area contributed by atoms with Crippen molar-refractivity contribution >= 4 is 23.6 Å². The van der Waals surface area contributed by atoms with E-state index in [-0.39, 0.29) is 12.3 Å². The predicted molar refractivity (Wildman–Crippen MR) is 83.7 cm³/mol. The minimum Gasteiger partial charge on any atom is -0.494 e. The molecule has 0 saturated heterocycles. The number of thioether (sulfide) groups is 1. The summed E-state index contributed by atoms with van der Waals surface area (Å²) in [5.74, 6) is 0.230. The molecule has 0 aliphatic heterocycles. The number of amides is 1. The van der Waals surface area contributed by atoms with E-state index in [0.717, 1.165) is 5.75 Å². The second-order valence-corrected chi connectivity index (χ2v) is 5.49. The van der Waals surface area contributed by atoms with E-state index in [0.29, 0.717) is 25.2 Å². The van der Waals surface area contributed by atoms with Crippen LogP contribution in [0.3, 0.4) is 0 Å². The fraction of sp³-hybridized carbons (Fsp3) is 0.467. The Morgan fingerprint density at radius 2 is 2.05 bits per heavy atom. The Kier molecular flexibility index (Phi) is 8.35. The minimum atomic E-state index is -0.988. The van der Waals surface area contributed by atoms with Crippen LogP contribution in [0.1, 0.15) is 19.3 Å². The van der Waals surface area contributed by atoms with E-state index in [2.05, 4.69) is 5.32 Å². The number of rotatable bonds is 10. The van der Waals surface area contributed by atoms with Crippen molar-refractivity contribution in [1.29, 1.82) is 0 Å². The summed E-state index contributed by atoms with van der Waals surface area (Å²) in [6.07, 6.45) is 3.15. The second-order valence-electron chi connectivity index (χ2n) is 4.50. The van der Waals surface area contributed by atoms with Gasteiger partial charge in [-0.15, -0.1) is 0 Å². The molecule has 1 atom stereocenters. The van der Waals surface area contributed by atoms with Crippen molar-refractivity contribution in [3.05, 3.63) is 30.3 Å². The molecule has 1 aromatic rings. The summed E-state index contributed by atoms with van der Waals surface area (Å²) >= 11 is 1.56. The molecule has 1 aromatic carbocycles. The summed E-state index contributed by atoms with van der Waals surface area (Å²) in [6, 6.07) is 8.56. The number of hydrogen-bond acceptors (Lipinski definition) is 4. The van der Waals surface area contributed by atoms with Crippen LogP contribution in [0.4, 0.5) is 0 Å². The summed E-state index contributed by atoms with van der Waals surface area (Å²) < 4.78 is 5.47. The molecule has 0 spiro atoms. The Bertz CT molecular complexity index is 439. The van der Waals surface area contributed by atoms with E-state index in [4.69, 9.17) is 9.84 Å². The maximum atomic E-state index is 11.7. The minimum absolute atomic E-state index is 0.250. The van der Waals surface area contributed by atoms with Gasteiger partial charge in [0.2, 0.25) is 5.91 Å². The van der Waals surface area contributed by atoms with Crippen LogP contribution in [0.5, 0.6) is 5.75 Å². The highest BCUT2D eigenvalue weighted by Crippen LogP contribution is 2.09. The third-order valence-electron chi connectivity index (χ3n) is 2.80. The average Bonchev–Trinajstić information content (AvgIpc) is 2.48. The molecule has 0 aliphatic carbocycles. The van der Waals surface area contributed by atoms with Gasteiger partial charge in [0.1, 0.15) is 11.8 Å². The van der Waals surface area contributed by atoms with Crippen molar-refractivity contribution in [2.24, 2.45) is 0 Å². The lowest BCUT2D eigenvalue weighted by Gasteiger charge is -2.14. The Hall–Kier alpha value is -1.69. The molecule has 0 bridgehead atoms. The van der Waals surface area contributed by atoms with Gasteiger partial charge in [0.05, 0.1) is 6.61 Å². The van der Waals surface area contributed by atoms with E-state index < -0.39 is 12.0 Å². The van der Waals surface area contributed by atoms with Crippen LogP contribution in [0.25, 0.3) is 0 Å². The van der Waals surface area contributed by atoms with Gasteiger partial charge in [-0.05, 0) is 37.0 Å². The number of nitrogens with one attached hydrogen (secondary N) is 1. The van der Waals surface area contributed by atoms with Crippen LogP contribution in [-0.4, -0.2) is 41.6 Å². The first-order valence-corrected chi connectivity index (χ1v) is 8.22. The van der Waals surface area contributed by atoms with Crippen LogP contribution < -0.4 is 10.1 Å². The standard InChI is InChI=1S/C15H21NO4S/c1-21-11-9-13(15(18)19)16-14(17)8-5-10-20-12-6-3-2-4-7-12/h2-4,6-7,13H,5,8-11H2,1H3,(H,16,17)(H,18,19)/t13-/m0/s1. The van der Waals surface area contributed by atoms with Gasteiger partial charge >= 0.3 is 5.97 Å². The Morgan fingerprint density at radius 1 is 1.33 bits per heavy atom. The largest absolute Gasteiger partial charge is 0.494 e. The number of benzene rings is 1. The molecule has 5 nitrogen and oxygen atoms in total. The third kappa shape index (κ3) is 7.60. The van der Waals surface area contributed by atoms with Crippen LogP contribution in [0.15, 0.2) is 30.3 Å². The van der Waals surface area contributed by atoms with Gasteiger partial charge in [0.25, 0.3) is 0 Å². The SMILES string of the molecule is CSCC[C@H](NC(=O)CCCOc1ccccc1)C(=O)O. The predicted octanol–water partition coefficient (Wildman–Crippen LogP) is 2.17. The zero-order chi connectivity index (χ0) is 15.5. The highest BCUT2D eigenvalue weighted by Gasteiger charge is 2.18. The maximum absolute atomic E-state index is 11.7. The average molecular weight is 311 g/mol. The molecule has 1 rings (SSSR count). The van der Waals surface area contributed by atoms with Crippen LogP contribution in [0.2, 0.25) is 0 Å². The number of aliphatic carboxylic acids is 1. The van der Waals surface area contributed by atoms with E-state index >= 15 is 0 Å². The number of carbonyl (C=O) groups is 2. The highest BCUT2D eigenvalue weighted by atomic mass is 32.2. The topological polar surface area (TPSA) is 75.6 Å². The number of carboxylic acids is 1. The lowest BCUT2D eigenvalue weighted by Crippen LogP contribution is -2.41. The van der Waals surface area contributed by atoms with E-state index in [1.54, 1.807) is 11.8 Å². The molecule has 0 heterocycles. The van der Waals surface area contributed by atoms with Gasteiger partial charge in [-0.3, -0.25) is 4.79 Å². The van der Waals surface area contributed by atoms with Crippen molar-refractivity contribution in [3.8, 4) is 5.75 Å². The molecule has 6 heteroatoms. The third-order valence-corrected chi connectivity index (χ3v) is 3.45. The van der Waals surface area contributed by atoms with Gasteiger partial charge in [0, 0.05) is 6.42 Å². The van der Waals surface area contributed by atoms with Crippen LogP contribution >= 0.6 is 11.8 Å². The molecule has 1 amide bonds. The molecule has 0 aromatic heterocycles. The summed E-state index contributed by atoms with van der Waals surface area (Å²) in [6.45, 7) is 0.431. The van der Waals surface area contributed by atoms with E-state index in [9.17, 15) is 9.59 Å². The monoisotopic (exact) mass is 311 g/mol.